The van der Waals surface area contributed by atoms with Gasteiger partial charge in [0.1, 0.15) is 6.61 Å². The van der Waals surface area contributed by atoms with Crippen LogP contribution in [0.5, 0.6) is 12.0 Å². The molecule has 9 nitrogen and oxygen atoms in total. The van der Waals surface area contributed by atoms with Crippen molar-refractivity contribution >= 4 is 17.0 Å². The first kappa shape index (κ1) is 21.3. The Bertz CT molecular complexity index is 1030. The van der Waals surface area contributed by atoms with Crippen LogP contribution in [0.4, 0.5) is 5.82 Å². The highest BCUT2D eigenvalue weighted by Crippen LogP contribution is 2.26. The van der Waals surface area contributed by atoms with Crippen molar-refractivity contribution in [2.75, 3.05) is 39.1 Å². The summed E-state index contributed by atoms with van der Waals surface area (Å²) in [5, 5.41) is 10.4. The Morgan fingerprint density at radius 1 is 1.10 bits per heavy atom. The first-order valence-electron chi connectivity index (χ1n) is 10.7. The van der Waals surface area contributed by atoms with Crippen LogP contribution in [0.25, 0.3) is 11.2 Å². The van der Waals surface area contributed by atoms with Gasteiger partial charge in [-0.2, -0.15) is 15.0 Å². The van der Waals surface area contributed by atoms with Crippen LogP contribution in [0, 0.1) is 5.92 Å². The second-order valence-corrected chi connectivity index (χ2v) is 8.18. The van der Waals surface area contributed by atoms with E-state index in [-0.39, 0.29) is 17.8 Å². The lowest BCUT2D eigenvalue weighted by Gasteiger charge is -2.30. The van der Waals surface area contributed by atoms with Gasteiger partial charge in [0, 0.05) is 13.7 Å². The van der Waals surface area contributed by atoms with Gasteiger partial charge in [-0.25, -0.2) is 0 Å². The van der Waals surface area contributed by atoms with Gasteiger partial charge < -0.3 is 20.3 Å². The van der Waals surface area contributed by atoms with Crippen molar-refractivity contribution in [3.8, 4) is 12.0 Å². The molecule has 0 atom stereocenters. The minimum Gasteiger partial charge on any atom is -0.480 e. The molecule has 0 amide bonds. The van der Waals surface area contributed by atoms with E-state index in [1.54, 1.807) is 11.7 Å². The van der Waals surface area contributed by atoms with Crippen molar-refractivity contribution in [1.82, 2.24) is 24.4 Å². The van der Waals surface area contributed by atoms with Gasteiger partial charge in [0.05, 0.1) is 13.2 Å². The fourth-order valence-corrected chi connectivity index (χ4v) is 3.90. The van der Waals surface area contributed by atoms with Crippen LogP contribution >= 0.6 is 0 Å². The van der Waals surface area contributed by atoms with Crippen molar-refractivity contribution < 1.29 is 14.6 Å². The van der Waals surface area contributed by atoms with E-state index in [1.807, 2.05) is 6.07 Å². The predicted molar refractivity (Wildman–Crippen MR) is 118 cm³/mol. The average Bonchev–Trinajstić information content (AvgIpc) is 3.06. The number of fused-ring (bicyclic) bond motifs is 1. The number of piperidine rings is 1. The van der Waals surface area contributed by atoms with Gasteiger partial charge >= 0.3 is 6.01 Å². The van der Waals surface area contributed by atoms with Crippen molar-refractivity contribution in [2.45, 2.75) is 32.9 Å². The maximum absolute atomic E-state index is 10.4. The third-order valence-electron chi connectivity index (χ3n) is 5.71. The largest absolute Gasteiger partial charge is 0.480 e. The van der Waals surface area contributed by atoms with E-state index in [0.717, 1.165) is 31.1 Å². The van der Waals surface area contributed by atoms with Gasteiger partial charge in [0.25, 0.3) is 6.01 Å². The van der Waals surface area contributed by atoms with Gasteiger partial charge in [-0.3, -0.25) is 9.47 Å². The highest BCUT2D eigenvalue weighted by Gasteiger charge is 2.18. The monoisotopic (exact) mass is 426 g/mol. The number of rotatable bonds is 8. The third kappa shape index (κ3) is 5.05. The summed E-state index contributed by atoms with van der Waals surface area (Å²) in [6.07, 6.45) is 2.51. The van der Waals surface area contributed by atoms with E-state index in [9.17, 15) is 5.11 Å². The summed E-state index contributed by atoms with van der Waals surface area (Å²) in [5.74, 6) is 0.984. The summed E-state index contributed by atoms with van der Waals surface area (Å²) < 4.78 is 12.1. The van der Waals surface area contributed by atoms with Crippen LogP contribution in [-0.2, 0) is 17.8 Å². The normalized spacial score (nSPS) is 15.5. The molecule has 1 aromatic carbocycles. The highest BCUT2D eigenvalue weighted by atomic mass is 16.5. The highest BCUT2D eigenvalue weighted by molar-refractivity contribution is 5.83. The average molecular weight is 427 g/mol. The Labute approximate surface area is 181 Å². The lowest BCUT2D eigenvalue weighted by atomic mass is 9.98. The zero-order chi connectivity index (χ0) is 21.8. The summed E-state index contributed by atoms with van der Waals surface area (Å²) in [4.78, 5) is 15.2. The Morgan fingerprint density at radius 3 is 2.58 bits per heavy atom. The molecule has 3 N–H and O–H groups in total. The van der Waals surface area contributed by atoms with Crippen LogP contribution in [-0.4, -0.2) is 62.9 Å². The van der Waals surface area contributed by atoms with Gasteiger partial charge in [0.2, 0.25) is 0 Å². The number of methoxy groups -OCH3 is 1. The summed E-state index contributed by atoms with van der Waals surface area (Å²) >= 11 is 0. The minimum absolute atomic E-state index is 0.135. The maximum atomic E-state index is 10.4. The van der Waals surface area contributed by atoms with Gasteiger partial charge in [-0.05, 0) is 43.0 Å². The quantitative estimate of drug-likeness (QED) is 0.528. The van der Waals surface area contributed by atoms with Crippen LogP contribution in [0.3, 0.4) is 0 Å². The summed E-state index contributed by atoms with van der Waals surface area (Å²) in [5.41, 5.74) is 9.12. The number of hydrogen-bond acceptors (Lipinski definition) is 8. The van der Waals surface area contributed by atoms with Crippen LogP contribution < -0.4 is 10.5 Å². The fraction of sp³-hybridized carbons (Fsp3) is 0.500. The Morgan fingerprint density at radius 2 is 1.84 bits per heavy atom. The molecule has 0 saturated carbocycles. The molecular formula is C22H30N6O3. The van der Waals surface area contributed by atoms with E-state index in [1.165, 1.54) is 18.4 Å². The molecule has 4 rings (SSSR count). The minimum atomic E-state index is -0.152. The van der Waals surface area contributed by atoms with E-state index in [0.29, 0.717) is 30.9 Å². The van der Waals surface area contributed by atoms with Gasteiger partial charge in [-0.1, -0.05) is 31.2 Å². The molecule has 0 unspecified atom stereocenters. The van der Waals surface area contributed by atoms with Crippen molar-refractivity contribution in [3.63, 3.8) is 0 Å². The van der Waals surface area contributed by atoms with Crippen molar-refractivity contribution in [3.05, 3.63) is 35.4 Å². The number of ether oxygens (including phenoxy) is 2. The zero-order valence-electron chi connectivity index (χ0n) is 18.1. The summed E-state index contributed by atoms with van der Waals surface area (Å²) in [6.45, 7) is 6.67. The van der Waals surface area contributed by atoms with Crippen molar-refractivity contribution in [1.29, 1.82) is 0 Å². The van der Waals surface area contributed by atoms with Crippen LogP contribution in [0.1, 0.15) is 30.9 Å². The van der Waals surface area contributed by atoms with Crippen LogP contribution in [0.2, 0.25) is 0 Å². The summed E-state index contributed by atoms with van der Waals surface area (Å²) in [7, 11) is 1.59. The second-order valence-electron chi connectivity index (χ2n) is 8.18. The molecule has 1 aliphatic rings. The van der Waals surface area contributed by atoms with Gasteiger partial charge in [0.15, 0.2) is 17.0 Å². The molecule has 0 radical (unpaired) electrons. The Hall–Kier alpha value is -2.91. The molecule has 3 heterocycles. The molecule has 1 saturated heterocycles. The standard InChI is InChI=1S/C22H30N6O3/c1-15-6-8-27(9-7-15)13-16-4-3-5-17(12-16)14-28-20-18(24-22(28)29)19(23)25-21(26-20)31-11-10-30-2/h3-5,12,15H,6-11,13-14H2,1-2H3,(H,24,29)(H2,23,25,26). The zero-order valence-corrected chi connectivity index (χ0v) is 18.1. The molecule has 1 fully saturated rings. The SMILES string of the molecule is COCCOc1nc(N)c2nc(O)n(Cc3cccc(CN4CCC(C)CC4)c3)c2n1. The molecule has 9 heteroatoms. The fourth-order valence-electron chi connectivity index (χ4n) is 3.90. The second kappa shape index (κ2) is 9.49. The molecule has 1 aliphatic heterocycles. The topological polar surface area (TPSA) is 112 Å². The maximum Gasteiger partial charge on any atom is 0.320 e. The number of likely N-dealkylation sites (tertiary alicyclic amines) is 1. The molecule has 0 bridgehead atoms. The predicted octanol–water partition coefficient (Wildman–Crippen LogP) is 2.42. The van der Waals surface area contributed by atoms with E-state index in [4.69, 9.17) is 15.2 Å². The van der Waals surface area contributed by atoms with E-state index in [2.05, 4.69) is 45.0 Å². The molecule has 2 aromatic heterocycles. The number of imidazole rings is 1. The van der Waals surface area contributed by atoms with Gasteiger partial charge in [-0.15, -0.1) is 0 Å². The molecule has 31 heavy (non-hydrogen) atoms. The number of nitrogens with zero attached hydrogens (tertiary/aromatic N) is 5. The molecule has 0 spiro atoms. The molecule has 166 valence electrons. The van der Waals surface area contributed by atoms with Crippen LogP contribution in [0.15, 0.2) is 24.3 Å². The number of hydrogen-bond donors (Lipinski definition) is 2. The Kier molecular flexibility index (Phi) is 6.53. The number of nitrogen functional groups attached to an aromatic ring is 1. The lowest BCUT2D eigenvalue weighted by molar-refractivity contribution is 0.141. The number of aromatic hydroxyl groups is 1. The third-order valence-corrected chi connectivity index (χ3v) is 5.71. The number of aromatic nitrogens is 4. The molecule has 3 aromatic rings. The first-order valence-corrected chi connectivity index (χ1v) is 10.7. The molecule has 0 aliphatic carbocycles. The number of nitrogens with two attached hydrogens (primary N) is 1. The van der Waals surface area contributed by atoms with Crippen molar-refractivity contribution in [2.24, 2.45) is 5.92 Å². The first-order chi connectivity index (χ1) is 15.0. The van der Waals surface area contributed by atoms with E-state index < -0.39 is 0 Å². The van der Waals surface area contributed by atoms with E-state index >= 15 is 0 Å². The molecular weight excluding hydrogens is 396 g/mol. The lowest BCUT2D eigenvalue weighted by Crippen LogP contribution is -2.32. The number of anilines is 1. The Balaban J connectivity index is 1.54. The number of benzene rings is 1. The smallest absolute Gasteiger partial charge is 0.320 e. The summed E-state index contributed by atoms with van der Waals surface area (Å²) in [6, 6.07) is 8.39.